The first kappa shape index (κ1) is 18.3. The highest BCUT2D eigenvalue weighted by atomic mass is 16.3. The van der Waals surface area contributed by atoms with Crippen LogP contribution in [0.15, 0.2) is 0 Å². The second kappa shape index (κ2) is 6.43. The Morgan fingerprint density at radius 3 is 1.73 bits per heavy atom. The number of nitrogens with zero attached hydrogens (tertiary/aromatic N) is 1. The van der Waals surface area contributed by atoms with Crippen molar-refractivity contribution in [3.05, 3.63) is 0 Å². The van der Waals surface area contributed by atoms with Crippen LogP contribution in [0.1, 0.15) is 99.3 Å². The van der Waals surface area contributed by atoms with Crippen LogP contribution in [0.5, 0.6) is 0 Å². The van der Waals surface area contributed by atoms with Crippen molar-refractivity contribution in [2.75, 3.05) is 0 Å². The topological polar surface area (TPSA) is 23.5 Å². The highest BCUT2D eigenvalue weighted by molar-refractivity contribution is 5.10. The maximum absolute atomic E-state index is 11.2. The van der Waals surface area contributed by atoms with E-state index in [2.05, 4.69) is 46.4 Å². The summed E-state index contributed by atoms with van der Waals surface area (Å²) < 4.78 is 0. The summed E-state index contributed by atoms with van der Waals surface area (Å²) in [7, 11) is 0. The van der Waals surface area contributed by atoms with Gasteiger partial charge in [-0.05, 0) is 73.1 Å². The fraction of sp³-hybridized carbons (Fsp3) is 1.00. The van der Waals surface area contributed by atoms with E-state index in [1.54, 1.807) is 0 Å². The lowest BCUT2D eigenvalue weighted by molar-refractivity contribution is -0.171. The zero-order valence-corrected chi connectivity index (χ0v) is 15.9. The number of hydrogen-bond donors (Lipinski definition) is 1. The van der Waals surface area contributed by atoms with Gasteiger partial charge in [0.05, 0.1) is 11.6 Å². The van der Waals surface area contributed by atoms with E-state index in [0.717, 1.165) is 6.42 Å². The highest BCUT2D eigenvalue weighted by Gasteiger charge is 2.55. The minimum atomic E-state index is -0.164. The predicted octanol–water partition coefficient (Wildman–Crippen LogP) is 5.14. The fourth-order valence-corrected chi connectivity index (χ4v) is 5.94. The first-order chi connectivity index (χ1) is 10.1. The quantitative estimate of drug-likeness (QED) is 0.763. The van der Waals surface area contributed by atoms with Crippen LogP contribution in [0, 0.1) is 5.92 Å². The summed E-state index contributed by atoms with van der Waals surface area (Å²) >= 11 is 0. The lowest BCUT2D eigenvalue weighted by Gasteiger charge is -2.63. The van der Waals surface area contributed by atoms with E-state index >= 15 is 0 Å². The smallest absolute Gasteiger partial charge is 0.0727 e. The van der Waals surface area contributed by atoms with Gasteiger partial charge in [-0.15, -0.1) is 0 Å². The summed E-state index contributed by atoms with van der Waals surface area (Å²) in [6.45, 7) is 14.0. The normalized spacial score (nSPS) is 32.5. The molecule has 2 rings (SSSR count). The van der Waals surface area contributed by atoms with Gasteiger partial charge < -0.3 is 5.11 Å². The molecule has 0 spiro atoms. The van der Waals surface area contributed by atoms with E-state index in [9.17, 15) is 5.11 Å². The minimum Gasteiger partial charge on any atom is -0.391 e. The average Bonchev–Trinajstić information content (AvgIpc) is 2.39. The molecule has 0 saturated heterocycles. The maximum atomic E-state index is 11.2. The van der Waals surface area contributed by atoms with Crippen molar-refractivity contribution in [2.24, 2.45) is 5.92 Å². The standard InChI is InChI=1S/C20H39NO/c1-18(2,3)21(19(4,5)6)20(15-11-10-14-17(20)22)16-12-8-7-9-13-16/h16-17,22H,7-15H2,1-6H3. The molecule has 2 unspecified atom stereocenters. The van der Waals surface area contributed by atoms with Crippen molar-refractivity contribution in [2.45, 2.75) is 122 Å². The molecule has 2 atom stereocenters. The SMILES string of the molecule is CC(C)(C)N(C(C)(C)C)C1(C2CCCCC2)CCCCC1O. The number of aliphatic hydroxyl groups excluding tert-OH is 1. The Morgan fingerprint density at radius 1 is 0.773 bits per heavy atom. The molecule has 130 valence electrons. The van der Waals surface area contributed by atoms with Crippen molar-refractivity contribution >= 4 is 0 Å². The van der Waals surface area contributed by atoms with Crippen LogP contribution in [0.2, 0.25) is 0 Å². The van der Waals surface area contributed by atoms with Crippen LogP contribution in [-0.2, 0) is 0 Å². The second-order valence-electron chi connectivity index (χ2n) is 9.76. The Labute approximate surface area is 138 Å². The van der Waals surface area contributed by atoms with Crippen LogP contribution < -0.4 is 0 Å². The molecule has 2 heteroatoms. The van der Waals surface area contributed by atoms with Gasteiger partial charge in [0.2, 0.25) is 0 Å². The minimum absolute atomic E-state index is 0.0187. The van der Waals surface area contributed by atoms with Crippen LogP contribution in [0.3, 0.4) is 0 Å². The summed E-state index contributed by atoms with van der Waals surface area (Å²) in [4.78, 5) is 2.72. The Balaban J connectivity index is 2.49. The molecule has 2 fully saturated rings. The largest absolute Gasteiger partial charge is 0.391 e. The van der Waals surface area contributed by atoms with Gasteiger partial charge in [0.25, 0.3) is 0 Å². The van der Waals surface area contributed by atoms with Gasteiger partial charge in [-0.3, -0.25) is 4.90 Å². The van der Waals surface area contributed by atoms with Crippen LogP contribution in [0.4, 0.5) is 0 Å². The van der Waals surface area contributed by atoms with Crippen LogP contribution in [0.25, 0.3) is 0 Å². The zero-order valence-electron chi connectivity index (χ0n) is 15.9. The monoisotopic (exact) mass is 309 g/mol. The number of rotatable bonds is 2. The van der Waals surface area contributed by atoms with Gasteiger partial charge in [0.1, 0.15) is 0 Å². The average molecular weight is 310 g/mol. The molecule has 0 aromatic heterocycles. The van der Waals surface area contributed by atoms with Gasteiger partial charge in [-0.2, -0.15) is 0 Å². The third-order valence-corrected chi connectivity index (χ3v) is 5.95. The molecule has 2 nitrogen and oxygen atoms in total. The molecular weight excluding hydrogens is 270 g/mol. The summed E-state index contributed by atoms with van der Waals surface area (Å²) in [6, 6.07) is 0. The molecule has 1 N–H and O–H groups in total. The van der Waals surface area contributed by atoms with E-state index in [1.165, 1.54) is 51.4 Å². The van der Waals surface area contributed by atoms with E-state index < -0.39 is 0 Å². The Bertz CT molecular complexity index is 345. The van der Waals surface area contributed by atoms with Crippen molar-refractivity contribution in [1.29, 1.82) is 0 Å². The predicted molar refractivity (Wildman–Crippen MR) is 95.1 cm³/mol. The van der Waals surface area contributed by atoms with E-state index in [0.29, 0.717) is 5.92 Å². The molecule has 2 saturated carbocycles. The van der Waals surface area contributed by atoms with E-state index in [-0.39, 0.29) is 22.7 Å². The molecule has 0 heterocycles. The molecule has 0 aromatic carbocycles. The molecule has 2 aliphatic carbocycles. The van der Waals surface area contributed by atoms with Gasteiger partial charge in [-0.1, -0.05) is 32.1 Å². The van der Waals surface area contributed by atoms with E-state index in [1.807, 2.05) is 0 Å². The highest BCUT2D eigenvalue weighted by Crippen LogP contribution is 2.50. The first-order valence-corrected chi connectivity index (χ1v) is 9.58. The second-order valence-corrected chi connectivity index (χ2v) is 9.76. The molecule has 2 aliphatic rings. The first-order valence-electron chi connectivity index (χ1n) is 9.58. The fourth-order valence-electron chi connectivity index (χ4n) is 5.94. The Kier molecular flexibility index (Phi) is 5.34. The van der Waals surface area contributed by atoms with E-state index in [4.69, 9.17) is 0 Å². The van der Waals surface area contributed by atoms with Gasteiger partial charge >= 0.3 is 0 Å². The Morgan fingerprint density at radius 2 is 1.27 bits per heavy atom. The molecule has 0 bridgehead atoms. The summed E-state index contributed by atoms with van der Waals surface area (Å²) in [5.41, 5.74) is 0.136. The number of aliphatic hydroxyl groups is 1. The van der Waals surface area contributed by atoms with Crippen molar-refractivity contribution in [3.63, 3.8) is 0 Å². The van der Waals surface area contributed by atoms with Gasteiger partial charge in [0, 0.05) is 11.1 Å². The molecular formula is C20H39NO. The van der Waals surface area contributed by atoms with Gasteiger partial charge in [-0.25, -0.2) is 0 Å². The third kappa shape index (κ3) is 3.38. The summed E-state index contributed by atoms with van der Waals surface area (Å²) in [5.74, 6) is 0.662. The molecule has 22 heavy (non-hydrogen) atoms. The van der Waals surface area contributed by atoms with Gasteiger partial charge in [0.15, 0.2) is 0 Å². The maximum Gasteiger partial charge on any atom is 0.0727 e. The lowest BCUT2D eigenvalue weighted by Crippen LogP contribution is -2.72. The molecule has 0 aromatic rings. The van der Waals surface area contributed by atoms with Crippen LogP contribution >= 0.6 is 0 Å². The zero-order chi connectivity index (χ0) is 16.6. The van der Waals surface area contributed by atoms with Crippen LogP contribution in [-0.4, -0.2) is 32.7 Å². The van der Waals surface area contributed by atoms with Crippen molar-refractivity contribution in [1.82, 2.24) is 4.90 Å². The molecule has 0 radical (unpaired) electrons. The molecule has 0 aliphatic heterocycles. The van der Waals surface area contributed by atoms with Crippen molar-refractivity contribution in [3.8, 4) is 0 Å². The lowest BCUT2D eigenvalue weighted by atomic mass is 9.62. The Hall–Kier alpha value is -0.0800. The van der Waals surface area contributed by atoms with Crippen molar-refractivity contribution < 1.29 is 5.11 Å². The number of hydrogen-bond acceptors (Lipinski definition) is 2. The third-order valence-electron chi connectivity index (χ3n) is 5.95. The summed E-state index contributed by atoms with van der Waals surface area (Å²) in [6.07, 6.45) is 11.2. The molecule has 0 amide bonds. The summed E-state index contributed by atoms with van der Waals surface area (Å²) in [5, 5.41) is 11.2.